The molecule has 8 nitrogen and oxygen atoms in total. The van der Waals surface area contributed by atoms with Crippen LogP contribution in [0.15, 0.2) is 36.7 Å². The molecule has 0 spiro atoms. The second kappa shape index (κ2) is 11.8. The third kappa shape index (κ3) is 10.5. The van der Waals surface area contributed by atoms with E-state index in [0.29, 0.717) is 43.2 Å². The van der Waals surface area contributed by atoms with Gasteiger partial charge in [-0.3, -0.25) is 9.78 Å². The topological polar surface area (TPSA) is 104 Å². The fraction of sp³-hybridized carbons (Fsp3) is 0.500. The minimum absolute atomic E-state index is 0.122. The Labute approximate surface area is 191 Å². The van der Waals surface area contributed by atoms with E-state index < -0.39 is 12.8 Å². The van der Waals surface area contributed by atoms with E-state index in [9.17, 15) is 18.0 Å². The van der Waals surface area contributed by atoms with Crippen molar-refractivity contribution in [2.24, 2.45) is 0 Å². The van der Waals surface area contributed by atoms with Crippen LogP contribution in [0.2, 0.25) is 0 Å². The van der Waals surface area contributed by atoms with Gasteiger partial charge in [0.15, 0.2) is 6.61 Å². The fourth-order valence-electron chi connectivity index (χ4n) is 2.66. The number of quaternary nitrogens is 1. The third-order valence-corrected chi connectivity index (χ3v) is 4.01. The number of amides is 1. The molecule has 1 saturated heterocycles. The Kier molecular flexibility index (Phi) is 9.42. The molecular weight excluding hydrogens is 439 g/mol. The monoisotopic (exact) mass is 470 g/mol. The molecule has 2 aromatic heterocycles. The molecule has 0 bridgehead atoms. The van der Waals surface area contributed by atoms with Crippen LogP contribution in [-0.2, 0) is 11.3 Å². The first-order chi connectivity index (χ1) is 15.4. The van der Waals surface area contributed by atoms with Gasteiger partial charge < -0.3 is 25.4 Å². The average molecular weight is 471 g/mol. The Morgan fingerprint density at radius 3 is 2.33 bits per heavy atom. The van der Waals surface area contributed by atoms with E-state index in [-0.39, 0.29) is 23.9 Å². The SMILES string of the molecule is CC(C)(C)[NH3+].O=C(NCc1ccc(OCC(F)(F)F)nc1N1CCOCC1)c1ccncc1. The lowest BCUT2D eigenvalue weighted by atomic mass is 10.1. The Morgan fingerprint density at radius 1 is 1.15 bits per heavy atom. The van der Waals surface area contributed by atoms with Gasteiger partial charge in [0.1, 0.15) is 5.82 Å². The molecule has 2 aromatic rings. The van der Waals surface area contributed by atoms with E-state index >= 15 is 0 Å². The Bertz CT molecular complexity index is 877. The molecule has 0 radical (unpaired) electrons. The number of carbonyl (C=O) groups is 1. The predicted octanol–water partition coefficient (Wildman–Crippen LogP) is 2.21. The minimum atomic E-state index is -4.45. The maximum absolute atomic E-state index is 12.4. The molecule has 1 amide bonds. The highest BCUT2D eigenvalue weighted by molar-refractivity contribution is 5.93. The molecule has 0 unspecified atom stereocenters. The summed E-state index contributed by atoms with van der Waals surface area (Å²) in [7, 11) is 0. The van der Waals surface area contributed by atoms with E-state index in [1.165, 1.54) is 18.5 Å². The number of nitrogens with zero attached hydrogens (tertiary/aromatic N) is 3. The average Bonchev–Trinajstić information content (AvgIpc) is 2.76. The lowest BCUT2D eigenvalue weighted by Crippen LogP contribution is -2.67. The quantitative estimate of drug-likeness (QED) is 0.671. The van der Waals surface area contributed by atoms with Gasteiger partial charge in [0.05, 0.1) is 18.8 Å². The van der Waals surface area contributed by atoms with Gasteiger partial charge in [0, 0.05) is 49.2 Å². The fourth-order valence-corrected chi connectivity index (χ4v) is 2.66. The largest absolute Gasteiger partial charge is 0.468 e. The first-order valence-electron chi connectivity index (χ1n) is 10.5. The summed E-state index contributed by atoms with van der Waals surface area (Å²) in [4.78, 5) is 22.2. The summed E-state index contributed by atoms with van der Waals surface area (Å²) in [5, 5.41) is 2.79. The molecule has 3 rings (SSSR count). The Hall–Kier alpha value is -2.92. The number of carbonyl (C=O) groups excluding carboxylic acids is 1. The highest BCUT2D eigenvalue weighted by Gasteiger charge is 2.29. The van der Waals surface area contributed by atoms with Crippen molar-refractivity contribution in [2.75, 3.05) is 37.8 Å². The maximum Gasteiger partial charge on any atom is 0.422 e. The number of ether oxygens (including phenoxy) is 2. The smallest absolute Gasteiger partial charge is 0.422 e. The van der Waals surface area contributed by atoms with E-state index in [0.717, 1.165) is 0 Å². The van der Waals surface area contributed by atoms with Crippen LogP contribution in [0.5, 0.6) is 5.88 Å². The number of pyridine rings is 2. The second-order valence-electron chi connectivity index (χ2n) is 8.61. The number of rotatable bonds is 6. The summed E-state index contributed by atoms with van der Waals surface area (Å²) >= 11 is 0. The van der Waals surface area contributed by atoms with Crippen LogP contribution in [0.25, 0.3) is 0 Å². The van der Waals surface area contributed by atoms with Gasteiger partial charge in [0.25, 0.3) is 5.91 Å². The zero-order valence-corrected chi connectivity index (χ0v) is 19.1. The van der Waals surface area contributed by atoms with E-state index in [1.54, 1.807) is 18.2 Å². The maximum atomic E-state index is 12.4. The van der Waals surface area contributed by atoms with Crippen molar-refractivity contribution >= 4 is 11.7 Å². The van der Waals surface area contributed by atoms with Crippen molar-refractivity contribution in [3.05, 3.63) is 47.8 Å². The zero-order chi connectivity index (χ0) is 24.5. The first kappa shape index (κ1) is 26.3. The number of nitrogens with one attached hydrogen (secondary N) is 1. The lowest BCUT2D eigenvalue weighted by molar-refractivity contribution is -0.458. The summed E-state index contributed by atoms with van der Waals surface area (Å²) in [5.74, 6) is 0.0637. The molecule has 0 atom stereocenters. The van der Waals surface area contributed by atoms with Crippen LogP contribution in [0.4, 0.5) is 19.0 Å². The lowest BCUT2D eigenvalue weighted by Gasteiger charge is -2.29. The van der Waals surface area contributed by atoms with Gasteiger partial charge in [-0.25, -0.2) is 0 Å². The third-order valence-electron chi connectivity index (χ3n) is 4.01. The molecule has 1 aliphatic heterocycles. The molecule has 4 N–H and O–H groups in total. The Balaban J connectivity index is 0.000000696. The summed E-state index contributed by atoms with van der Waals surface area (Å²) < 4.78 is 47.3. The highest BCUT2D eigenvalue weighted by atomic mass is 19.4. The number of hydrogen-bond acceptors (Lipinski definition) is 6. The molecule has 182 valence electrons. The molecule has 11 heteroatoms. The number of aromatic nitrogens is 2. The van der Waals surface area contributed by atoms with Crippen molar-refractivity contribution in [1.29, 1.82) is 0 Å². The summed E-state index contributed by atoms with van der Waals surface area (Å²) in [5.41, 5.74) is 5.15. The number of halogens is 3. The van der Waals surface area contributed by atoms with Crippen LogP contribution in [0.1, 0.15) is 36.7 Å². The van der Waals surface area contributed by atoms with Gasteiger partial charge in [-0.2, -0.15) is 18.2 Å². The van der Waals surface area contributed by atoms with Crippen molar-refractivity contribution in [2.45, 2.75) is 39.0 Å². The number of anilines is 1. The van der Waals surface area contributed by atoms with Crippen LogP contribution in [-0.4, -0.2) is 60.5 Å². The van der Waals surface area contributed by atoms with Crippen molar-refractivity contribution in [3.8, 4) is 5.88 Å². The molecule has 1 fully saturated rings. The Morgan fingerprint density at radius 2 is 1.76 bits per heavy atom. The van der Waals surface area contributed by atoms with Crippen molar-refractivity contribution in [1.82, 2.24) is 15.3 Å². The molecule has 0 saturated carbocycles. The molecule has 0 aliphatic carbocycles. The summed E-state index contributed by atoms with van der Waals surface area (Å²) in [6.07, 6.45) is -1.41. The molecule has 1 aliphatic rings. The molecule has 0 aromatic carbocycles. The number of hydrogen-bond donors (Lipinski definition) is 2. The van der Waals surface area contributed by atoms with E-state index in [2.05, 4.69) is 41.8 Å². The predicted molar refractivity (Wildman–Crippen MR) is 117 cm³/mol. The summed E-state index contributed by atoms with van der Waals surface area (Å²) in [6, 6.07) is 6.15. The highest BCUT2D eigenvalue weighted by Crippen LogP contribution is 2.24. The minimum Gasteiger partial charge on any atom is -0.468 e. The van der Waals surface area contributed by atoms with Crippen molar-refractivity contribution < 1.29 is 33.2 Å². The second-order valence-corrected chi connectivity index (χ2v) is 8.61. The van der Waals surface area contributed by atoms with Gasteiger partial charge >= 0.3 is 6.18 Å². The van der Waals surface area contributed by atoms with Crippen LogP contribution in [0.3, 0.4) is 0 Å². The first-order valence-corrected chi connectivity index (χ1v) is 10.5. The zero-order valence-electron chi connectivity index (χ0n) is 19.1. The number of alkyl halides is 3. The standard InChI is InChI=1S/C18H19F3N4O3.C4H11N/c19-18(20,21)12-28-15-2-1-14(16(24-15)25-7-9-27-10-8-25)11-23-17(26)13-3-5-22-6-4-13;1-4(2,3)5/h1-6H,7-12H2,(H,23,26);5H2,1-3H3/p+1. The van der Waals surface area contributed by atoms with Crippen LogP contribution >= 0.6 is 0 Å². The van der Waals surface area contributed by atoms with Crippen LogP contribution < -0.4 is 20.7 Å². The van der Waals surface area contributed by atoms with Crippen molar-refractivity contribution in [3.63, 3.8) is 0 Å². The molecular formula is C22H31F3N5O3+. The molecule has 3 heterocycles. The number of morpholine rings is 1. The normalized spacial score (nSPS) is 14.2. The van der Waals surface area contributed by atoms with Gasteiger partial charge in [0.2, 0.25) is 5.88 Å². The van der Waals surface area contributed by atoms with Gasteiger partial charge in [-0.15, -0.1) is 0 Å². The van der Waals surface area contributed by atoms with E-state index in [1.807, 2.05) is 4.90 Å². The van der Waals surface area contributed by atoms with Crippen LogP contribution in [0, 0.1) is 0 Å². The van der Waals surface area contributed by atoms with Gasteiger partial charge in [-0.1, -0.05) is 0 Å². The molecule has 33 heavy (non-hydrogen) atoms. The summed E-state index contributed by atoms with van der Waals surface area (Å²) in [6.45, 7) is 7.03. The van der Waals surface area contributed by atoms with Gasteiger partial charge in [-0.05, 0) is 39.0 Å². The van der Waals surface area contributed by atoms with E-state index in [4.69, 9.17) is 9.47 Å².